The van der Waals surface area contributed by atoms with Gasteiger partial charge in [0.2, 0.25) is 0 Å². The van der Waals surface area contributed by atoms with Crippen LogP contribution in [-0.4, -0.2) is 12.6 Å². The first-order valence-corrected chi connectivity index (χ1v) is 9.11. The zero-order chi connectivity index (χ0) is 13.8. The first kappa shape index (κ1) is 17.0. The van der Waals surface area contributed by atoms with Crippen molar-refractivity contribution in [3.05, 3.63) is 0 Å². The van der Waals surface area contributed by atoms with Crippen LogP contribution in [0.3, 0.4) is 0 Å². The molecule has 0 bridgehead atoms. The maximum absolute atomic E-state index is 3.82. The van der Waals surface area contributed by atoms with Crippen molar-refractivity contribution in [1.29, 1.82) is 0 Å². The van der Waals surface area contributed by atoms with Gasteiger partial charge in [0, 0.05) is 6.04 Å². The van der Waals surface area contributed by atoms with Crippen LogP contribution >= 0.6 is 0 Å². The van der Waals surface area contributed by atoms with Gasteiger partial charge in [-0.1, -0.05) is 71.6 Å². The molecule has 1 aliphatic rings. The molecule has 0 aromatic rings. The molecule has 1 N–H and O–H groups in total. The van der Waals surface area contributed by atoms with Crippen molar-refractivity contribution >= 4 is 0 Å². The first-order valence-electron chi connectivity index (χ1n) is 9.11. The molecule has 1 fully saturated rings. The summed E-state index contributed by atoms with van der Waals surface area (Å²) in [5, 5.41) is 3.82. The first-order chi connectivity index (χ1) is 9.38. The Morgan fingerprint density at radius 1 is 0.789 bits per heavy atom. The zero-order valence-corrected chi connectivity index (χ0v) is 13.6. The molecule has 0 aliphatic heterocycles. The van der Waals surface area contributed by atoms with Crippen molar-refractivity contribution in [2.45, 2.75) is 103 Å². The van der Waals surface area contributed by atoms with Gasteiger partial charge in [0.05, 0.1) is 0 Å². The highest BCUT2D eigenvalue weighted by Gasteiger charge is 2.22. The lowest BCUT2D eigenvalue weighted by molar-refractivity contribution is 0.307. The molecule has 0 heterocycles. The van der Waals surface area contributed by atoms with Gasteiger partial charge in [0.1, 0.15) is 0 Å². The second kappa shape index (κ2) is 11.8. The Morgan fingerprint density at radius 2 is 1.53 bits per heavy atom. The molecule has 1 aliphatic carbocycles. The monoisotopic (exact) mass is 267 g/mol. The predicted molar refractivity (Wildman–Crippen MR) is 86.6 cm³/mol. The van der Waals surface area contributed by atoms with Crippen LogP contribution in [0.1, 0.15) is 97.3 Å². The van der Waals surface area contributed by atoms with Gasteiger partial charge in [-0.25, -0.2) is 0 Å². The van der Waals surface area contributed by atoms with Crippen LogP contribution in [0.5, 0.6) is 0 Å². The second-order valence-corrected chi connectivity index (χ2v) is 6.52. The van der Waals surface area contributed by atoms with Crippen LogP contribution in [0.2, 0.25) is 0 Å². The number of rotatable bonds is 10. The molecule has 0 aromatic heterocycles. The number of hydrogen-bond acceptors (Lipinski definition) is 1. The Hall–Kier alpha value is -0.0400. The van der Waals surface area contributed by atoms with E-state index < -0.39 is 0 Å². The van der Waals surface area contributed by atoms with E-state index in [0.29, 0.717) is 0 Å². The summed E-state index contributed by atoms with van der Waals surface area (Å²) >= 11 is 0. The molecular weight excluding hydrogens is 230 g/mol. The van der Waals surface area contributed by atoms with Crippen LogP contribution < -0.4 is 5.32 Å². The van der Waals surface area contributed by atoms with Gasteiger partial charge >= 0.3 is 0 Å². The van der Waals surface area contributed by atoms with Crippen LogP contribution in [0, 0.1) is 5.92 Å². The van der Waals surface area contributed by atoms with E-state index in [-0.39, 0.29) is 0 Å². The van der Waals surface area contributed by atoms with Gasteiger partial charge in [-0.3, -0.25) is 0 Å². The molecule has 1 rings (SSSR count). The van der Waals surface area contributed by atoms with Crippen molar-refractivity contribution in [3.63, 3.8) is 0 Å². The highest BCUT2D eigenvalue weighted by Crippen LogP contribution is 2.28. The van der Waals surface area contributed by atoms with Gasteiger partial charge < -0.3 is 5.32 Å². The highest BCUT2D eigenvalue weighted by atomic mass is 14.9. The fraction of sp³-hybridized carbons (Fsp3) is 1.00. The second-order valence-electron chi connectivity index (χ2n) is 6.52. The van der Waals surface area contributed by atoms with E-state index in [4.69, 9.17) is 0 Å². The van der Waals surface area contributed by atoms with Crippen LogP contribution in [0.25, 0.3) is 0 Å². The Morgan fingerprint density at radius 3 is 2.32 bits per heavy atom. The molecule has 0 spiro atoms. The van der Waals surface area contributed by atoms with Crippen LogP contribution in [0.4, 0.5) is 0 Å². The lowest BCUT2D eigenvalue weighted by Crippen LogP contribution is -2.36. The zero-order valence-electron chi connectivity index (χ0n) is 13.6. The lowest BCUT2D eigenvalue weighted by Gasteiger charge is -2.26. The van der Waals surface area contributed by atoms with Gasteiger partial charge in [-0.05, 0) is 38.1 Å². The average Bonchev–Trinajstić information content (AvgIpc) is 2.65. The van der Waals surface area contributed by atoms with Crippen molar-refractivity contribution in [1.82, 2.24) is 5.32 Å². The summed E-state index contributed by atoms with van der Waals surface area (Å²) in [5.41, 5.74) is 0. The molecule has 2 atom stereocenters. The van der Waals surface area contributed by atoms with Crippen molar-refractivity contribution < 1.29 is 0 Å². The van der Waals surface area contributed by atoms with E-state index in [1.54, 1.807) is 0 Å². The fourth-order valence-electron chi connectivity index (χ4n) is 3.52. The minimum atomic E-state index is 0.832. The lowest BCUT2D eigenvalue weighted by atomic mass is 9.89. The Bertz CT molecular complexity index is 190. The third-order valence-electron chi connectivity index (χ3n) is 4.74. The van der Waals surface area contributed by atoms with Crippen molar-refractivity contribution in [2.75, 3.05) is 6.54 Å². The van der Waals surface area contributed by atoms with Gasteiger partial charge in [0.15, 0.2) is 0 Å². The maximum atomic E-state index is 3.82. The van der Waals surface area contributed by atoms with E-state index in [1.807, 2.05) is 0 Å². The summed E-state index contributed by atoms with van der Waals surface area (Å²) < 4.78 is 0. The third kappa shape index (κ3) is 7.97. The number of hydrogen-bond donors (Lipinski definition) is 1. The molecule has 0 radical (unpaired) electrons. The van der Waals surface area contributed by atoms with E-state index >= 15 is 0 Å². The molecule has 1 saturated carbocycles. The Labute approximate surface area is 121 Å². The van der Waals surface area contributed by atoms with Crippen LogP contribution in [-0.2, 0) is 0 Å². The Balaban J connectivity index is 2.18. The van der Waals surface area contributed by atoms with Crippen molar-refractivity contribution in [2.24, 2.45) is 5.92 Å². The smallest absolute Gasteiger partial charge is 0.00953 e. The Kier molecular flexibility index (Phi) is 10.5. The molecule has 0 aromatic carbocycles. The van der Waals surface area contributed by atoms with E-state index in [0.717, 1.165) is 12.0 Å². The minimum absolute atomic E-state index is 0.832. The quantitative estimate of drug-likeness (QED) is 0.396. The van der Waals surface area contributed by atoms with E-state index in [2.05, 4.69) is 19.2 Å². The average molecular weight is 268 g/mol. The van der Waals surface area contributed by atoms with Gasteiger partial charge in [0.25, 0.3) is 0 Å². The molecule has 2 unspecified atom stereocenters. The molecular formula is C18H37N. The number of nitrogens with one attached hydrogen (secondary N) is 1. The summed E-state index contributed by atoms with van der Waals surface area (Å²) in [4.78, 5) is 0. The van der Waals surface area contributed by atoms with Crippen LogP contribution in [0.15, 0.2) is 0 Å². The topological polar surface area (TPSA) is 12.0 Å². The summed E-state index contributed by atoms with van der Waals surface area (Å²) in [6.45, 7) is 5.81. The molecule has 0 saturated heterocycles. The normalized spacial score (nSPS) is 24.3. The summed E-state index contributed by atoms with van der Waals surface area (Å²) in [5.74, 6) is 0.972. The van der Waals surface area contributed by atoms with Gasteiger partial charge in [-0.15, -0.1) is 0 Å². The molecule has 1 heteroatoms. The minimum Gasteiger partial charge on any atom is -0.314 e. The summed E-state index contributed by atoms with van der Waals surface area (Å²) in [7, 11) is 0. The predicted octanol–water partition coefficient (Wildman–Crippen LogP) is 5.69. The standard InChI is InChI=1S/C18H37N/c1-3-5-6-7-8-10-13-17-14-11-9-12-15-18(17)19-16-4-2/h17-19H,3-16H2,1-2H3. The molecule has 19 heavy (non-hydrogen) atoms. The fourth-order valence-corrected chi connectivity index (χ4v) is 3.52. The third-order valence-corrected chi connectivity index (χ3v) is 4.74. The summed E-state index contributed by atoms with van der Waals surface area (Å²) in [6.07, 6.45) is 18.7. The highest BCUT2D eigenvalue weighted by molar-refractivity contribution is 4.79. The maximum Gasteiger partial charge on any atom is 0.00953 e. The van der Waals surface area contributed by atoms with Crippen molar-refractivity contribution in [3.8, 4) is 0 Å². The van der Waals surface area contributed by atoms with E-state index in [9.17, 15) is 0 Å². The SMILES string of the molecule is CCCCCCCCC1CCCCCC1NCCC. The summed E-state index contributed by atoms with van der Waals surface area (Å²) in [6, 6.07) is 0.832. The van der Waals surface area contributed by atoms with Gasteiger partial charge in [-0.2, -0.15) is 0 Å². The largest absolute Gasteiger partial charge is 0.314 e. The number of unbranched alkanes of at least 4 members (excludes halogenated alkanes) is 5. The molecule has 1 nitrogen and oxygen atoms in total. The van der Waals surface area contributed by atoms with E-state index in [1.165, 1.54) is 90.0 Å². The molecule has 0 amide bonds. The molecule has 114 valence electrons.